The Balaban J connectivity index is 2.98. The van der Waals surface area contributed by atoms with Gasteiger partial charge in [-0.2, -0.15) is 0 Å². The van der Waals surface area contributed by atoms with Gasteiger partial charge in [0.2, 0.25) is 0 Å². The van der Waals surface area contributed by atoms with E-state index in [1.807, 2.05) is 32.8 Å². The van der Waals surface area contributed by atoms with E-state index in [1.54, 1.807) is 11.0 Å². The molecular formula is C13H21ClN4O. The second kappa shape index (κ2) is 6.73. The Morgan fingerprint density at radius 2 is 2.16 bits per heavy atom. The third-order valence-corrected chi connectivity index (χ3v) is 3.15. The van der Waals surface area contributed by atoms with Crippen LogP contribution in [0.2, 0.25) is 5.15 Å². The van der Waals surface area contributed by atoms with Crippen LogP contribution in [0.15, 0.2) is 12.3 Å². The molecule has 1 aromatic rings. The number of hydrogen-bond acceptors (Lipinski definition) is 4. The Kier molecular flexibility index (Phi) is 5.57. The molecule has 0 aliphatic carbocycles. The first kappa shape index (κ1) is 15.7. The van der Waals surface area contributed by atoms with Crippen molar-refractivity contribution in [3.8, 4) is 0 Å². The number of hydrogen-bond donors (Lipinski definition) is 1. The van der Waals surface area contributed by atoms with Crippen LogP contribution in [0.1, 0.15) is 24.2 Å². The Hall–Kier alpha value is -1.33. The molecule has 0 aliphatic heterocycles. The number of carbonyl (C=O) groups is 1. The van der Waals surface area contributed by atoms with Crippen molar-refractivity contribution in [3.05, 3.63) is 23.0 Å². The van der Waals surface area contributed by atoms with Crippen molar-refractivity contribution >= 4 is 23.2 Å². The molecule has 2 N–H and O–H groups in total. The van der Waals surface area contributed by atoms with E-state index in [9.17, 15) is 4.79 Å². The molecule has 0 radical (unpaired) electrons. The van der Waals surface area contributed by atoms with Crippen molar-refractivity contribution in [2.45, 2.75) is 19.9 Å². The van der Waals surface area contributed by atoms with Gasteiger partial charge < -0.3 is 15.5 Å². The highest BCUT2D eigenvalue weighted by molar-refractivity contribution is 6.32. The highest BCUT2D eigenvalue weighted by Gasteiger charge is 2.23. The molecular weight excluding hydrogens is 264 g/mol. The summed E-state index contributed by atoms with van der Waals surface area (Å²) in [5.41, 5.74) is 6.45. The van der Waals surface area contributed by atoms with E-state index in [4.69, 9.17) is 17.3 Å². The first-order chi connectivity index (χ1) is 8.86. The van der Waals surface area contributed by atoms with Gasteiger partial charge in [0.1, 0.15) is 5.15 Å². The zero-order chi connectivity index (χ0) is 14.6. The van der Waals surface area contributed by atoms with E-state index in [0.29, 0.717) is 17.8 Å². The average Bonchev–Trinajstić information content (AvgIpc) is 2.32. The predicted octanol–water partition coefficient (Wildman–Crippen LogP) is 1.73. The van der Waals surface area contributed by atoms with Crippen LogP contribution in [-0.2, 0) is 0 Å². The Labute approximate surface area is 119 Å². The van der Waals surface area contributed by atoms with Gasteiger partial charge in [0.05, 0.1) is 17.4 Å². The van der Waals surface area contributed by atoms with E-state index in [0.717, 1.165) is 6.54 Å². The van der Waals surface area contributed by atoms with Crippen molar-refractivity contribution in [2.24, 2.45) is 0 Å². The quantitative estimate of drug-likeness (QED) is 0.837. The molecule has 1 aromatic heterocycles. The lowest BCUT2D eigenvalue weighted by molar-refractivity contribution is 0.0679. The first-order valence-electron chi connectivity index (χ1n) is 6.23. The Bertz CT molecular complexity index is 450. The van der Waals surface area contributed by atoms with Gasteiger partial charge in [0.25, 0.3) is 5.91 Å². The summed E-state index contributed by atoms with van der Waals surface area (Å²) < 4.78 is 0. The SMILES string of the molecule is CCN(C(=O)c1cc(N)cnc1Cl)C(C)CN(C)C. The van der Waals surface area contributed by atoms with Crippen LogP contribution in [0.3, 0.4) is 0 Å². The number of carbonyl (C=O) groups excluding carboxylic acids is 1. The van der Waals surface area contributed by atoms with Gasteiger partial charge in [-0.1, -0.05) is 11.6 Å². The fraction of sp³-hybridized carbons (Fsp3) is 0.538. The van der Waals surface area contributed by atoms with Crippen molar-refractivity contribution in [2.75, 3.05) is 32.9 Å². The zero-order valence-electron chi connectivity index (χ0n) is 11.9. The van der Waals surface area contributed by atoms with Crippen LogP contribution in [0.5, 0.6) is 0 Å². The van der Waals surface area contributed by atoms with Crippen molar-refractivity contribution in [1.29, 1.82) is 0 Å². The first-order valence-corrected chi connectivity index (χ1v) is 6.61. The van der Waals surface area contributed by atoms with Gasteiger partial charge in [-0.05, 0) is 34.0 Å². The van der Waals surface area contributed by atoms with Crippen molar-refractivity contribution in [3.63, 3.8) is 0 Å². The fourth-order valence-electron chi connectivity index (χ4n) is 2.05. The number of aromatic nitrogens is 1. The summed E-state index contributed by atoms with van der Waals surface area (Å²) in [5.74, 6) is -0.137. The number of pyridine rings is 1. The van der Waals surface area contributed by atoms with E-state index >= 15 is 0 Å². The van der Waals surface area contributed by atoms with Gasteiger partial charge in [0.15, 0.2) is 0 Å². The molecule has 19 heavy (non-hydrogen) atoms. The molecule has 1 amide bonds. The van der Waals surface area contributed by atoms with Crippen LogP contribution in [0, 0.1) is 0 Å². The van der Waals surface area contributed by atoms with Crippen molar-refractivity contribution < 1.29 is 4.79 Å². The number of nitrogens with two attached hydrogens (primary N) is 1. The monoisotopic (exact) mass is 284 g/mol. The summed E-state index contributed by atoms with van der Waals surface area (Å²) in [6.45, 7) is 5.35. The molecule has 1 heterocycles. The number of nitrogen functional groups attached to an aromatic ring is 1. The van der Waals surface area contributed by atoms with Gasteiger partial charge >= 0.3 is 0 Å². The molecule has 0 spiro atoms. The standard InChI is InChI=1S/C13H21ClN4O/c1-5-18(9(2)8-17(3)4)13(19)11-6-10(15)7-16-12(11)14/h6-7,9H,5,8,15H2,1-4H3. The second-order valence-corrected chi connectivity index (χ2v) is 5.17. The molecule has 106 valence electrons. The minimum atomic E-state index is -0.137. The van der Waals surface area contributed by atoms with Crippen LogP contribution < -0.4 is 5.73 Å². The van der Waals surface area contributed by atoms with Gasteiger partial charge in [0, 0.05) is 19.1 Å². The Morgan fingerprint density at radius 1 is 1.53 bits per heavy atom. The van der Waals surface area contributed by atoms with Gasteiger partial charge in [-0.3, -0.25) is 4.79 Å². The van der Waals surface area contributed by atoms with E-state index in [-0.39, 0.29) is 17.1 Å². The number of amides is 1. The number of rotatable bonds is 5. The van der Waals surface area contributed by atoms with Crippen LogP contribution in [-0.4, -0.2) is 53.9 Å². The van der Waals surface area contributed by atoms with Crippen LogP contribution in [0.4, 0.5) is 5.69 Å². The number of anilines is 1. The lowest BCUT2D eigenvalue weighted by Gasteiger charge is -2.30. The van der Waals surface area contributed by atoms with Crippen LogP contribution in [0.25, 0.3) is 0 Å². The molecule has 6 heteroatoms. The number of nitrogens with zero attached hydrogens (tertiary/aromatic N) is 3. The summed E-state index contributed by atoms with van der Waals surface area (Å²) in [5, 5.41) is 0.190. The minimum Gasteiger partial charge on any atom is -0.397 e. The maximum atomic E-state index is 12.5. The molecule has 1 rings (SSSR count). The summed E-state index contributed by atoms with van der Waals surface area (Å²) in [7, 11) is 3.95. The fourth-order valence-corrected chi connectivity index (χ4v) is 2.24. The maximum Gasteiger partial charge on any atom is 0.257 e. The molecule has 0 fully saturated rings. The topological polar surface area (TPSA) is 62.5 Å². The Morgan fingerprint density at radius 3 is 2.68 bits per heavy atom. The van der Waals surface area contributed by atoms with Crippen molar-refractivity contribution in [1.82, 2.24) is 14.8 Å². The molecule has 0 saturated heterocycles. The normalized spacial score (nSPS) is 12.5. The molecule has 0 bridgehead atoms. The number of likely N-dealkylation sites (N-methyl/N-ethyl adjacent to an activating group) is 2. The third-order valence-electron chi connectivity index (χ3n) is 2.85. The second-order valence-electron chi connectivity index (χ2n) is 4.81. The van der Waals surface area contributed by atoms with E-state index in [1.165, 1.54) is 6.20 Å². The van der Waals surface area contributed by atoms with Gasteiger partial charge in [-0.15, -0.1) is 0 Å². The summed E-state index contributed by atoms with van der Waals surface area (Å²) >= 11 is 5.98. The minimum absolute atomic E-state index is 0.0880. The zero-order valence-corrected chi connectivity index (χ0v) is 12.6. The van der Waals surface area contributed by atoms with E-state index in [2.05, 4.69) is 4.98 Å². The molecule has 0 aromatic carbocycles. The number of halogens is 1. The largest absolute Gasteiger partial charge is 0.397 e. The third kappa shape index (κ3) is 4.08. The van der Waals surface area contributed by atoms with E-state index < -0.39 is 0 Å². The lowest BCUT2D eigenvalue weighted by Crippen LogP contribution is -2.43. The summed E-state index contributed by atoms with van der Waals surface area (Å²) in [6.07, 6.45) is 1.44. The molecule has 0 aliphatic rings. The highest BCUT2D eigenvalue weighted by atomic mass is 35.5. The maximum absolute atomic E-state index is 12.5. The highest BCUT2D eigenvalue weighted by Crippen LogP contribution is 2.19. The molecule has 0 saturated carbocycles. The summed E-state index contributed by atoms with van der Waals surface area (Å²) in [6, 6.07) is 1.66. The summed E-state index contributed by atoms with van der Waals surface area (Å²) in [4.78, 5) is 20.2. The average molecular weight is 285 g/mol. The van der Waals surface area contributed by atoms with Gasteiger partial charge in [-0.25, -0.2) is 4.98 Å². The predicted molar refractivity (Wildman–Crippen MR) is 78.4 cm³/mol. The molecule has 1 atom stereocenters. The molecule has 1 unspecified atom stereocenters. The molecule has 5 nitrogen and oxygen atoms in total. The lowest BCUT2D eigenvalue weighted by atomic mass is 10.2. The van der Waals surface area contributed by atoms with Crippen LogP contribution >= 0.6 is 11.6 Å². The smallest absolute Gasteiger partial charge is 0.257 e.